The van der Waals surface area contributed by atoms with Gasteiger partial charge in [-0.3, -0.25) is 4.79 Å². The first-order chi connectivity index (χ1) is 11.2. The van der Waals surface area contributed by atoms with Crippen LogP contribution in [0.15, 0.2) is 12.1 Å². The average Bonchev–Trinajstić information content (AvgIpc) is 2.89. The number of rotatable bonds is 5. The third-order valence-electron chi connectivity index (χ3n) is 3.65. The number of aromatic carboxylic acids is 1. The topological polar surface area (TPSA) is 88.5 Å². The first-order valence-corrected chi connectivity index (χ1v) is 8.23. The number of carboxylic acid groups (broad SMARTS) is 1. The van der Waals surface area contributed by atoms with Gasteiger partial charge in [-0.2, -0.15) is 0 Å². The van der Waals surface area contributed by atoms with E-state index in [0.717, 1.165) is 28.2 Å². The standard InChI is InChI=1S/C17H20N2O4S/c1-8-6-12(7-9(2)13(8)23-5)15(20)18-11(4)16-19-10(3)14(24-16)17(21)22/h6-7,11H,1-5H3,(H,18,20)(H,21,22). The zero-order chi connectivity index (χ0) is 18.0. The lowest BCUT2D eigenvalue weighted by Gasteiger charge is -2.14. The summed E-state index contributed by atoms with van der Waals surface area (Å²) in [6, 6.07) is 3.16. The summed E-state index contributed by atoms with van der Waals surface area (Å²) in [6.45, 7) is 7.20. The van der Waals surface area contributed by atoms with E-state index in [1.807, 2.05) is 13.8 Å². The fourth-order valence-corrected chi connectivity index (χ4v) is 3.45. The zero-order valence-corrected chi connectivity index (χ0v) is 15.1. The largest absolute Gasteiger partial charge is 0.496 e. The van der Waals surface area contributed by atoms with Crippen molar-refractivity contribution in [2.45, 2.75) is 33.7 Å². The number of carbonyl (C=O) groups is 2. The molecule has 0 radical (unpaired) electrons. The van der Waals surface area contributed by atoms with E-state index in [1.54, 1.807) is 33.1 Å². The second kappa shape index (κ2) is 7.00. The third-order valence-corrected chi connectivity index (χ3v) is 4.98. The number of hydrogen-bond donors (Lipinski definition) is 2. The predicted molar refractivity (Wildman–Crippen MR) is 92.2 cm³/mol. The normalized spacial score (nSPS) is 11.9. The number of aryl methyl sites for hydroxylation is 3. The van der Waals surface area contributed by atoms with Crippen LogP contribution < -0.4 is 10.1 Å². The number of thiazole rings is 1. The highest BCUT2D eigenvalue weighted by atomic mass is 32.1. The highest BCUT2D eigenvalue weighted by Crippen LogP contribution is 2.26. The van der Waals surface area contributed by atoms with Crippen LogP contribution >= 0.6 is 11.3 Å². The van der Waals surface area contributed by atoms with Gasteiger partial charge in [0, 0.05) is 5.56 Å². The lowest BCUT2D eigenvalue weighted by molar-refractivity contribution is 0.0701. The minimum absolute atomic E-state index is 0.197. The molecule has 1 amide bonds. The van der Waals surface area contributed by atoms with Crippen molar-refractivity contribution in [1.29, 1.82) is 0 Å². The van der Waals surface area contributed by atoms with E-state index in [-0.39, 0.29) is 16.8 Å². The number of amides is 1. The van der Waals surface area contributed by atoms with E-state index in [1.165, 1.54) is 0 Å². The van der Waals surface area contributed by atoms with Gasteiger partial charge in [0.05, 0.1) is 18.8 Å². The maximum absolute atomic E-state index is 12.5. The lowest BCUT2D eigenvalue weighted by Crippen LogP contribution is -2.26. The van der Waals surface area contributed by atoms with Gasteiger partial charge in [0.2, 0.25) is 0 Å². The lowest BCUT2D eigenvalue weighted by atomic mass is 10.0. The summed E-state index contributed by atoms with van der Waals surface area (Å²) in [4.78, 5) is 28.0. The van der Waals surface area contributed by atoms with Crippen LogP contribution in [0.2, 0.25) is 0 Å². The molecule has 128 valence electrons. The van der Waals surface area contributed by atoms with Gasteiger partial charge in [-0.1, -0.05) is 0 Å². The molecular weight excluding hydrogens is 328 g/mol. The van der Waals surface area contributed by atoms with Crippen LogP contribution in [0, 0.1) is 20.8 Å². The summed E-state index contributed by atoms with van der Waals surface area (Å²) in [5.74, 6) is -0.474. The molecule has 1 aromatic heterocycles. The van der Waals surface area contributed by atoms with Crippen LogP contribution in [0.3, 0.4) is 0 Å². The third kappa shape index (κ3) is 3.56. The van der Waals surface area contributed by atoms with Crippen molar-refractivity contribution in [2.24, 2.45) is 0 Å². The molecule has 7 heteroatoms. The van der Waals surface area contributed by atoms with Crippen LogP contribution in [0.1, 0.15) is 54.8 Å². The Balaban J connectivity index is 2.20. The summed E-state index contributed by atoms with van der Waals surface area (Å²) < 4.78 is 5.30. The molecule has 1 heterocycles. The van der Waals surface area contributed by atoms with Crippen molar-refractivity contribution >= 4 is 23.2 Å². The number of nitrogens with zero attached hydrogens (tertiary/aromatic N) is 1. The minimum Gasteiger partial charge on any atom is -0.496 e. The van der Waals surface area contributed by atoms with E-state index in [2.05, 4.69) is 10.3 Å². The molecule has 0 fully saturated rings. The smallest absolute Gasteiger partial charge is 0.347 e. The molecule has 0 spiro atoms. The number of ether oxygens (including phenoxy) is 1. The summed E-state index contributed by atoms with van der Waals surface area (Å²) in [7, 11) is 1.60. The number of carboxylic acids is 1. The van der Waals surface area contributed by atoms with E-state index in [0.29, 0.717) is 16.3 Å². The first kappa shape index (κ1) is 17.9. The molecule has 0 saturated heterocycles. The predicted octanol–water partition coefficient (Wildman–Crippen LogP) is 3.27. The monoisotopic (exact) mass is 348 g/mol. The Morgan fingerprint density at radius 2 is 1.83 bits per heavy atom. The van der Waals surface area contributed by atoms with E-state index < -0.39 is 5.97 Å². The average molecular weight is 348 g/mol. The van der Waals surface area contributed by atoms with Crippen LogP contribution in [-0.2, 0) is 0 Å². The Bertz CT molecular complexity index is 775. The second-order valence-electron chi connectivity index (χ2n) is 5.61. The minimum atomic E-state index is -1.00. The maximum atomic E-state index is 12.5. The molecule has 6 nitrogen and oxygen atoms in total. The Kier molecular flexibility index (Phi) is 5.23. The van der Waals surface area contributed by atoms with Gasteiger partial charge in [0.25, 0.3) is 5.91 Å². The number of benzene rings is 1. The number of hydrogen-bond acceptors (Lipinski definition) is 5. The van der Waals surface area contributed by atoms with Crippen LogP contribution in [-0.4, -0.2) is 29.1 Å². The molecule has 0 aliphatic carbocycles. The fourth-order valence-electron chi connectivity index (χ4n) is 2.55. The molecule has 1 atom stereocenters. The van der Waals surface area contributed by atoms with Crippen LogP contribution in [0.25, 0.3) is 0 Å². The Hall–Kier alpha value is -2.41. The Morgan fingerprint density at radius 1 is 1.25 bits per heavy atom. The summed E-state index contributed by atoms with van der Waals surface area (Å²) in [5.41, 5.74) is 2.76. The summed E-state index contributed by atoms with van der Waals surface area (Å²) in [5, 5.41) is 12.5. The SMILES string of the molecule is COc1c(C)cc(C(=O)NC(C)c2nc(C)c(C(=O)O)s2)cc1C. The fraction of sp³-hybridized carbons (Fsp3) is 0.353. The molecule has 1 unspecified atom stereocenters. The van der Waals surface area contributed by atoms with Crippen molar-refractivity contribution in [3.8, 4) is 5.75 Å². The quantitative estimate of drug-likeness (QED) is 0.866. The summed E-state index contributed by atoms with van der Waals surface area (Å²) >= 11 is 1.08. The summed E-state index contributed by atoms with van der Waals surface area (Å²) in [6.07, 6.45) is 0. The van der Waals surface area contributed by atoms with E-state index in [4.69, 9.17) is 9.84 Å². The van der Waals surface area contributed by atoms with Crippen LogP contribution in [0.5, 0.6) is 5.75 Å². The molecule has 0 saturated carbocycles. The van der Waals surface area contributed by atoms with Gasteiger partial charge in [-0.05, 0) is 51.0 Å². The number of carbonyl (C=O) groups excluding carboxylic acids is 1. The molecule has 2 N–H and O–H groups in total. The van der Waals surface area contributed by atoms with Gasteiger partial charge in [-0.15, -0.1) is 11.3 Å². The Morgan fingerprint density at radius 3 is 2.29 bits per heavy atom. The molecule has 24 heavy (non-hydrogen) atoms. The first-order valence-electron chi connectivity index (χ1n) is 7.41. The zero-order valence-electron chi connectivity index (χ0n) is 14.3. The Labute approximate surface area is 144 Å². The number of methoxy groups -OCH3 is 1. The van der Waals surface area contributed by atoms with Gasteiger partial charge in [0.1, 0.15) is 15.6 Å². The van der Waals surface area contributed by atoms with Gasteiger partial charge >= 0.3 is 5.97 Å². The molecular formula is C17H20N2O4S. The molecule has 0 aliphatic heterocycles. The maximum Gasteiger partial charge on any atom is 0.347 e. The molecule has 1 aromatic carbocycles. The molecule has 2 rings (SSSR count). The van der Waals surface area contributed by atoms with Crippen molar-refractivity contribution in [3.63, 3.8) is 0 Å². The number of nitrogens with one attached hydrogen (secondary N) is 1. The highest BCUT2D eigenvalue weighted by Gasteiger charge is 2.20. The van der Waals surface area contributed by atoms with Crippen molar-refractivity contribution in [2.75, 3.05) is 7.11 Å². The van der Waals surface area contributed by atoms with Crippen molar-refractivity contribution in [3.05, 3.63) is 44.4 Å². The second-order valence-corrected chi connectivity index (χ2v) is 6.64. The van der Waals surface area contributed by atoms with Crippen LogP contribution in [0.4, 0.5) is 0 Å². The van der Waals surface area contributed by atoms with Crippen molar-refractivity contribution < 1.29 is 19.4 Å². The van der Waals surface area contributed by atoms with E-state index in [9.17, 15) is 9.59 Å². The molecule has 0 aliphatic rings. The highest BCUT2D eigenvalue weighted by molar-refractivity contribution is 7.13. The molecule has 2 aromatic rings. The number of aromatic nitrogens is 1. The van der Waals surface area contributed by atoms with Crippen molar-refractivity contribution in [1.82, 2.24) is 10.3 Å². The molecule has 0 bridgehead atoms. The van der Waals surface area contributed by atoms with Gasteiger partial charge in [-0.25, -0.2) is 9.78 Å². The van der Waals surface area contributed by atoms with E-state index >= 15 is 0 Å². The van der Waals surface area contributed by atoms with Gasteiger partial charge < -0.3 is 15.2 Å². The van der Waals surface area contributed by atoms with Gasteiger partial charge in [0.15, 0.2) is 0 Å².